The fourth-order valence-electron chi connectivity index (χ4n) is 4.67. The van der Waals surface area contributed by atoms with E-state index >= 15 is 0 Å². The van der Waals surface area contributed by atoms with Crippen molar-refractivity contribution in [2.75, 3.05) is 19.7 Å². The predicted octanol–water partition coefficient (Wildman–Crippen LogP) is 3.04. The Balaban J connectivity index is 1.38. The molecule has 2 aromatic heterocycles. The molecule has 2 aliphatic heterocycles. The van der Waals surface area contributed by atoms with Crippen molar-refractivity contribution >= 4 is 11.3 Å². The fraction of sp³-hybridized carbons (Fsp3) is 0.591. The monoisotopic (exact) mass is 431 g/mol. The molecule has 7 nitrogen and oxygen atoms in total. The van der Waals surface area contributed by atoms with Gasteiger partial charge in [0.15, 0.2) is 0 Å². The molecule has 4 N–H and O–H groups in total. The van der Waals surface area contributed by atoms with Crippen molar-refractivity contribution in [2.24, 2.45) is 11.6 Å². The Morgan fingerprint density at radius 1 is 1.50 bits per heavy atom. The minimum Gasteiger partial charge on any atom is -0.444 e. The first-order valence-corrected chi connectivity index (χ1v) is 11.6. The second-order valence-corrected chi connectivity index (χ2v) is 9.73. The normalized spacial score (nSPS) is 24.9. The second-order valence-electron chi connectivity index (χ2n) is 8.51. The number of likely N-dealkylation sites (tertiary alicyclic amines) is 1. The number of ether oxygens (including phenoxy) is 1. The summed E-state index contributed by atoms with van der Waals surface area (Å²) in [6.45, 7) is 9.23. The molecule has 2 aliphatic rings. The van der Waals surface area contributed by atoms with Crippen molar-refractivity contribution in [1.29, 1.82) is 0 Å². The quantitative estimate of drug-likeness (QED) is 0.536. The third kappa shape index (κ3) is 4.42. The summed E-state index contributed by atoms with van der Waals surface area (Å²) in [5, 5.41) is 1.53. The number of rotatable bonds is 6. The zero-order valence-electron chi connectivity index (χ0n) is 18.2. The summed E-state index contributed by atoms with van der Waals surface area (Å²) >= 11 is 1.97. The molecule has 2 atom stereocenters. The van der Waals surface area contributed by atoms with Gasteiger partial charge in [0, 0.05) is 47.2 Å². The zero-order chi connectivity index (χ0) is 21.3. The first-order chi connectivity index (χ1) is 14.4. The van der Waals surface area contributed by atoms with E-state index in [1.54, 1.807) is 12.4 Å². The van der Waals surface area contributed by atoms with Crippen molar-refractivity contribution in [3.8, 4) is 0 Å². The number of fused-ring (bicyclic) bond motifs is 2. The lowest BCUT2D eigenvalue weighted by atomic mass is 9.79. The molecule has 0 aliphatic carbocycles. The average Bonchev–Trinajstić information content (AvgIpc) is 3.30. The number of thiophene rings is 1. The number of hydrogen-bond acceptors (Lipinski definition) is 8. The van der Waals surface area contributed by atoms with Crippen molar-refractivity contribution in [3.05, 3.63) is 51.1 Å². The maximum Gasteiger partial charge on any atom is 0.215 e. The highest BCUT2D eigenvalue weighted by atomic mass is 32.1. The molecule has 4 rings (SSSR count). The Morgan fingerprint density at radius 2 is 2.33 bits per heavy atom. The second kappa shape index (κ2) is 8.70. The number of aryl methyl sites for hydroxylation is 2. The van der Waals surface area contributed by atoms with Gasteiger partial charge in [-0.15, -0.1) is 11.3 Å². The summed E-state index contributed by atoms with van der Waals surface area (Å²) < 4.78 is 11.9. The van der Waals surface area contributed by atoms with E-state index in [-0.39, 0.29) is 5.60 Å². The van der Waals surface area contributed by atoms with Gasteiger partial charge >= 0.3 is 0 Å². The standard InChI is InChI=1S/C22H33N5O2S/c1-4-18-9-19-20(30-18)5-8-28-22(19)6-7-26(15(2)10-22)12-17(23)13-27(24)14-21-25-11-16(3)29-21/h9,11,13,15H,4-8,10,12,14,23-24H2,1-3H3/b17-13-/t15-,22+/m0/s1. The molecular formula is C22H33N5O2S. The maximum absolute atomic E-state index is 6.44. The number of aromatic nitrogens is 1. The summed E-state index contributed by atoms with van der Waals surface area (Å²) in [6, 6.07) is 2.77. The molecule has 0 bridgehead atoms. The molecule has 1 fully saturated rings. The van der Waals surface area contributed by atoms with E-state index in [1.807, 2.05) is 18.3 Å². The van der Waals surface area contributed by atoms with Gasteiger partial charge in [-0.2, -0.15) is 0 Å². The summed E-state index contributed by atoms with van der Waals surface area (Å²) in [7, 11) is 0. The molecule has 8 heteroatoms. The van der Waals surface area contributed by atoms with Crippen molar-refractivity contribution in [3.63, 3.8) is 0 Å². The van der Waals surface area contributed by atoms with Crippen LogP contribution >= 0.6 is 11.3 Å². The molecule has 0 saturated carbocycles. The Labute approximate surface area is 182 Å². The Morgan fingerprint density at radius 3 is 3.03 bits per heavy atom. The molecule has 164 valence electrons. The molecule has 0 amide bonds. The van der Waals surface area contributed by atoms with Gasteiger partial charge in [-0.3, -0.25) is 4.90 Å². The molecule has 1 spiro atoms. The highest BCUT2D eigenvalue weighted by Crippen LogP contribution is 2.46. The van der Waals surface area contributed by atoms with Crippen LogP contribution in [-0.4, -0.2) is 40.6 Å². The molecule has 1 saturated heterocycles. The van der Waals surface area contributed by atoms with E-state index in [4.69, 9.17) is 20.7 Å². The first-order valence-electron chi connectivity index (χ1n) is 10.8. The lowest BCUT2D eigenvalue weighted by molar-refractivity contribution is -0.109. The zero-order valence-corrected chi connectivity index (χ0v) is 19.0. The van der Waals surface area contributed by atoms with Crippen LogP contribution in [0.2, 0.25) is 0 Å². The van der Waals surface area contributed by atoms with Crippen LogP contribution in [0.25, 0.3) is 0 Å². The van der Waals surface area contributed by atoms with Gasteiger partial charge in [0.1, 0.15) is 12.3 Å². The van der Waals surface area contributed by atoms with E-state index in [0.29, 0.717) is 25.0 Å². The molecular weight excluding hydrogens is 398 g/mol. The van der Waals surface area contributed by atoms with E-state index in [1.165, 1.54) is 20.3 Å². The average molecular weight is 432 g/mol. The smallest absolute Gasteiger partial charge is 0.215 e. The van der Waals surface area contributed by atoms with Crippen LogP contribution in [0.1, 0.15) is 53.7 Å². The van der Waals surface area contributed by atoms with Gasteiger partial charge in [0.2, 0.25) is 5.89 Å². The number of piperidine rings is 1. The Bertz CT molecular complexity index is 907. The van der Waals surface area contributed by atoms with Crippen LogP contribution < -0.4 is 11.6 Å². The van der Waals surface area contributed by atoms with Gasteiger partial charge in [0.25, 0.3) is 0 Å². The highest BCUT2D eigenvalue weighted by molar-refractivity contribution is 7.12. The van der Waals surface area contributed by atoms with Crippen LogP contribution in [-0.2, 0) is 29.7 Å². The van der Waals surface area contributed by atoms with E-state index in [0.717, 1.165) is 50.3 Å². The molecule has 30 heavy (non-hydrogen) atoms. The van der Waals surface area contributed by atoms with Crippen molar-refractivity contribution in [2.45, 2.75) is 64.6 Å². The lowest BCUT2D eigenvalue weighted by Crippen LogP contribution is -2.51. The minimum absolute atomic E-state index is 0.130. The van der Waals surface area contributed by atoms with Gasteiger partial charge in [-0.25, -0.2) is 10.8 Å². The third-order valence-electron chi connectivity index (χ3n) is 6.16. The maximum atomic E-state index is 6.44. The van der Waals surface area contributed by atoms with E-state index in [2.05, 4.69) is 29.8 Å². The van der Waals surface area contributed by atoms with Crippen molar-refractivity contribution in [1.82, 2.24) is 14.9 Å². The number of nitrogens with two attached hydrogens (primary N) is 2. The summed E-state index contributed by atoms with van der Waals surface area (Å²) in [5.41, 5.74) is 8.36. The molecule has 4 heterocycles. The predicted molar refractivity (Wildman–Crippen MR) is 119 cm³/mol. The Kier molecular flexibility index (Phi) is 6.20. The molecule has 0 unspecified atom stereocenters. The number of oxazole rings is 1. The van der Waals surface area contributed by atoms with Crippen LogP contribution in [0, 0.1) is 6.92 Å². The molecule has 2 aromatic rings. The van der Waals surface area contributed by atoms with Crippen LogP contribution in [0.15, 0.2) is 28.6 Å². The SMILES string of the molecule is CCc1cc2c(s1)CCO[C@@]21CCN(C/C(N)=C/N(N)Cc2ncc(C)o2)[C@@H](C)C1. The van der Waals surface area contributed by atoms with Crippen LogP contribution in [0.3, 0.4) is 0 Å². The highest BCUT2D eigenvalue weighted by Gasteiger charge is 2.44. The summed E-state index contributed by atoms with van der Waals surface area (Å²) in [4.78, 5) is 9.60. The first kappa shape index (κ1) is 21.4. The van der Waals surface area contributed by atoms with Crippen LogP contribution in [0.5, 0.6) is 0 Å². The van der Waals surface area contributed by atoms with E-state index < -0.39 is 0 Å². The van der Waals surface area contributed by atoms with Crippen LogP contribution in [0.4, 0.5) is 0 Å². The fourth-order valence-corrected chi connectivity index (χ4v) is 5.85. The van der Waals surface area contributed by atoms with Gasteiger partial charge in [-0.05, 0) is 44.7 Å². The largest absolute Gasteiger partial charge is 0.444 e. The molecule has 0 aromatic carbocycles. The van der Waals surface area contributed by atoms with Crippen molar-refractivity contribution < 1.29 is 9.15 Å². The lowest BCUT2D eigenvalue weighted by Gasteiger charge is -2.47. The number of nitrogens with zero attached hydrogens (tertiary/aromatic N) is 3. The van der Waals surface area contributed by atoms with Gasteiger partial charge in [-0.1, -0.05) is 6.92 Å². The van der Waals surface area contributed by atoms with Gasteiger partial charge < -0.3 is 19.9 Å². The van der Waals surface area contributed by atoms with Gasteiger partial charge in [0.05, 0.1) is 18.4 Å². The minimum atomic E-state index is -0.130. The summed E-state index contributed by atoms with van der Waals surface area (Å²) in [6.07, 6.45) is 7.61. The topological polar surface area (TPSA) is 93.8 Å². The Hall–Kier alpha value is -1.87. The molecule has 0 radical (unpaired) electrons. The number of hydrazine groups is 1. The summed E-state index contributed by atoms with van der Waals surface area (Å²) in [5.74, 6) is 7.43. The number of hydrogen-bond donors (Lipinski definition) is 2. The van der Waals surface area contributed by atoms with E-state index in [9.17, 15) is 0 Å². The third-order valence-corrected chi connectivity index (χ3v) is 7.50.